The minimum absolute atomic E-state index is 0.0109. The molecule has 4 rings (SSSR count). The van der Waals surface area contributed by atoms with Gasteiger partial charge >= 0.3 is 6.03 Å². The first-order valence-electron chi connectivity index (χ1n) is 7.48. The number of carbonyl (C=O) groups excluding carboxylic acids is 1. The number of H-pyrrole nitrogens is 1. The zero-order valence-electron chi connectivity index (χ0n) is 11.7. The molecule has 0 radical (unpaired) electrons. The van der Waals surface area contributed by atoms with Crippen molar-refractivity contribution in [2.45, 2.75) is 37.1 Å². The molecule has 3 N–H and O–H groups in total. The Kier molecular flexibility index (Phi) is 2.71. The molecule has 0 saturated heterocycles. The predicted molar refractivity (Wildman–Crippen MR) is 78.7 cm³/mol. The van der Waals surface area contributed by atoms with Gasteiger partial charge in [0.2, 0.25) is 0 Å². The number of nitrogens with one attached hydrogen (secondary N) is 3. The summed E-state index contributed by atoms with van der Waals surface area (Å²) in [5.74, 6) is -0.234. The molecule has 0 bridgehead atoms. The third-order valence-corrected chi connectivity index (χ3v) is 4.57. The topological polar surface area (TPSA) is 56.9 Å². The second kappa shape index (κ2) is 4.48. The number of hydrogen-bond donors (Lipinski definition) is 3. The van der Waals surface area contributed by atoms with Crippen LogP contribution < -0.4 is 10.6 Å². The molecular formula is C16H18FN3O. The first-order valence-corrected chi connectivity index (χ1v) is 7.48. The molecule has 21 heavy (non-hydrogen) atoms. The molecule has 2 aliphatic carbocycles. The zero-order chi connectivity index (χ0) is 14.4. The van der Waals surface area contributed by atoms with Crippen molar-refractivity contribution in [3.63, 3.8) is 0 Å². The second-order valence-electron chi connectivity index (χ2n) is 6.27. The minimum Gasteiger partial charge on any atom is -0.361 e. The van der Waals surface area contributed by atoms with Crippen LogP contribution in [0.5, 0.6) is 0 Å². The molecule has 0 spiro atoms. The molecule has 2 aliphatic rings. The lowest BCUT2D eigenvalue weighted by atomic mass is 9.95. The van der Waals surface area contributed by atoms with Gasteiger partial charge in [0.1, 0.15) is 5.82 Å². The lowest BCUT2D eigenvalue weighted by Gasteiger charge is -2.16. The highest BCUT2D eigenvalue weighted by Crippen LogP contribution is 2.50. The van der Waals surface area contributed by atoms with E-state index in [9.17, 15) is 9.18 Å². The van der Waals surface area contributed by atoms with Crippen LogP contribution in [0.25, 0.3) is 10.9 Å². The fourth-order valence-corrected chi connectivity index (χ4v) is 2.94. The summed E-state index contributed by atoms with van der Waals surface area (Å²) < 4.78 is 13.3. The number of hydrogen-bond acceptors (Lipinski definition) is 1. The van der Waals surface area contributed by atoms with Crippen LogP contribution in [-0.2, 0) is 5.41 Å². The first kappa shape index (κ1) is 12.7. The molecular weight excluding hydrogens is 269 g/mol. The highest BCUT2D eigenvalue weighted by Gasteiger charge is 2.46. The van der Waals surface area contributed by atoms with Gasteiger partial charge in [0.25, 0.3) is 0 Å². The smallest absolute Gasteiger partial charge is 0.315 e. The molecule has 1 aromatic carbocycles. The summed E-state index contributed by atoms with van der Waals surface area (Å²) in [6.45, 7) is 0.635. The molecule has 2 saturated carbocycles. The Bertz CT molecular complexity index is 701. The van der Waals surface area contributed by atoms with Crippen LogP contribution in [0.3, 0.4) is 0 Å². The van der Waals surface area contributed by atoms with Crippen LogP contribution in [0, 0.1) is 5.82 Å². The molecule has 2 amide bonds. The largest absolute Gasteiger partial charge is 0.361 e. The quantitative estimate of drug-likeness (QED) is 0.795. The van der Waals surface area contributed by atoms with Crippen molar-refractivity contribution < 1.29 is 9.18 Å². The fourth-order valence-electron chi connectivity index (χ4n) is 2.94. The number of fused-ring (bicyclic) bond motifs is 1. The predicted octanol–water partition coefficient (Wildman–Crippen LogP) is 2.80. The van der Waals surface area contributed by atoms with Gasteiger partial charge in [0.15, 0.2) is 0 Å². The number of carbonyl (C=O) groups is 1. The molecule has 2 fully saturated rings. The van der Waals surface area contributed by atoms with Crippen LogP contribution in [0.1, 0.15) is 31.2 Å². The highest BCUT2D eigenvalue weighted by atomic mass is 19.1. The van der Waals surface area contributed by atoms with Gasteiger partial charge in [-0.25, -0.2) is 9.18 Å². The maximum Gasteiger partial charge on any atom is 0.315 e. The Labute approximate surface area is 122 Å². The molecule has 5 heteroatoms. The molecule has 0 aliphatic heterocycles. The van der Waals surface area contributed by atoms with E-state index in [0.29, 0.717) is 12.6 Å². The Hall–Kier alpha value is -2.04. The van der Waals surface area contributed by atoms with Crippen molar-refractivity contribution in [3.8, 4) is 0 Å². The van der Waals surface area contributed by atoms with Gasteiger partial charge in [-0.2, -0.15) is 0 Å². The fraction of sp³-hybridized carbons (Fsp3) is 0.438. The molecule has 1 heterocycles. The van der Waals surface area contributed by atoms with Crippen LogP contribution >= 0.6 is 0 Å². The van der Waals surface area contributed by atoms with Crippen molar-refractivity contribution in [2.75, 3.05) is 6.54 Å². The average molecular weight is 287 g/mol. The number of amides is 2. The van der Waals surface area contributed by atoms with Crippen LogP contribution in [0.15, 0.2) is 24.4 Å². The summed E-state index contributed by atoms with van der Waals surface area (Å²) in [6.07, 6.45) is 6.25. The molecule has 0 atom stereocenters. The number of aromatic nitrogens is 1. The van der Waals surface area contributed by atoms with E-state index in [0.717, 1.165) is 36.6 Å². The lowest BCUT2D eigenvalue weighted by Crippen LogP contribution is -2.40. The monoisotopic (exact) mass is 287 g/mol. The zero-order valence-corrected chi connectivity index (χ0v) is 11.7. The Balaban J connectivity index is 1.51. The normalized spacial score (nSPS) is 19.5. The van der Waals surface area contributed by atoms with E-state index in [2.05, 4.69) is 15.6 Å². The van der Waals surface area contributed by atoms with Crippen molar-refractivity contribution in [3.05, 3.63) is 35.8 Å². The molecule has 2 aromatic rings. The van der Waals surface area contributed by atoms with E-state index in [1.54, 1.807) is 0 Å². The maximum absolute atomic E-state index is 13.3. The third-order valence-electron chi connectivity index (χ3n) is 4.57. The van der Waals surface area contributed by atoms with Gasteiger partial charge in [-0.05, 0) is 49.4 Å². The Morgan fingerprint density at radius 1 is 1.38 bits per heavy atom. The standard InChI is InChI=1S/C16H18FN3O/c17-10-1-4-12-13(8-18-14(12)7-10)16(5-6-16)9-19-15(21)20-11-2-3-11/h1,4,7-8,11,18H,2-3,5-6,9H2,(H2,19,20,21). The molecule has 1 aromatic heterocycles. The summed E-state index contributed by atoms with van der Waals surface area (Å²) in [5.41, 5.74) is 2.01. The summed E-state index contributed by atoms with van der Waals surface area (Å²) in [4.78, 5) is 14.9. The van der Waals surface area contributed by atoms with Gasteiger partial charge in [-0.15, -0.1) is 0 Å². The number of urea groups is 1. The summed E-state index contributed by atoms with van der Waals surface area (Å²) >= 11 is 0. The first-order chi connectivity index (χ1) is 10.2. The maximum atomic E-state index is 13.3. The molecule has 110 valence electrons. The van der Waals surface area contributed by atoms with Gasteiger partial charge in [0.05, 0.1) is 0 Å². The Morgan fingerprint density at radius 3 is 2.90 bits per heavy atom. The van der Waals surface area contributed by atoms with E-state index >= 15 is 0 Å². The van der Waals surface area contributed by atoms with Crippen LogP contribution in [0.4, 0.5) is 9.18 Å². The van der Waals surface area contributed by atoms with E-state index in [1.165, 1.54) is 17.7 Å². The van der Waals surface area contributed by atoms with E-state index in [-0.39, 0.29) is 17.3 Å². The molecule has 0 unspecified atom stereocenters. The molecule has 4 nitrogen and oxygen atoms in total. The average Bonchev–Trinajstić information content (AvgIpc) is 3.37. The summed E-state index contributed by atoms with van der Waals surface area (Å²) in [7, 11) is 0. The number of benzene rings is 1. The van der Waals surface area contributed by atoms with Gasteiger partial charge < -0.3 is 15.6 Å². The highest BCUT2D eigenvalue weighted by molar-refractivity contribution is 5.85. The number of halogens is 1. The van der Waals surface area contributed by atoms with Crippen molar-refractivity contribution in [1.29, 1.82) is 0 Å². The van der Waals surface area contributed by atoms with Gasteiger partial charge in [-0.1, -0.05) is 0 Å². The van der Waals surface area contributed by atoms with E-state index < -0.39 is 0 Å². The number of rotatable bonds is 4. The van der Waals surface area contributed by atoms with Gasteiger partial charge in [-0.3, -0.25) is 0 Å². The SMILES string of the molecule is O=C(NCC1(c2c[nH]c3cc(F)ccc23)CC1)NC1CC1. The number of aromatic amines is 1. The van der Waals surface area contributed by atoms with Crippen molar-refractivity contribution in [2.24, 2.45) is 0 Å². The van der Waals surface area contributed by atoms with E-state index in [4.69, 9.17) is 0 Å². The summed E-state index contributed by atoms with van der Waals surface area (Å²) in [6, 6.07) is 5.12. The van der Waals surface area contributed by atoms with Crippen molar-refractivity contribution in [1.82, 2.24) is 15.6 Å². The van der Waals surface area contributed by atoms with Crippen molar-refractivity contribution >= 4 is 16.9 Å². The van der Waals surface area contributed by atoms with Crippen LogP contribution in [0.2, 0.25) is 0 Å². The Morgan fingerprint density at radius 2 is 2.19 bits per heavy atom. The van der Waals surface area contributed by atoms with Gasteiger partial charge in [0, 0.05) is 35.1 Å². The van der Waals surface area contributed by atoms with Crippen LogP contribution in [-0.4, -0.2) is 23.6 Å². The lowest BCUT2D eigenvalue weighted by molar-refractivity contribution is 0.239. The van der Waals surface area contributed by atoms with E-state index in [1.807, 2.05) is 12.3 Å². The minimum atomic E-state index is -0.234. The summed E-state index contributed by atoms with van der Waals surface area (Å²) in [5, 5.41) is 6.97. The third kappa shape index (κ3) is 2.37. The second-order valence-corrected chi connectivity index (χ2v) is 6.27.